The molecule has 2 heterocycles. The number of rotatable bonds is 6. The van der Waals surface area contributed by atoms with Gasteiger partial charge in [0.25, 0.3) is 5.56 Å². The summed E-state index contributed by atoms with van der Waals surface area (Å²) in [5, 5.41) is 4.92. The zero-order chi connectivity index (χ0) is 21.1. The van der Waals surface area contributed by atoms with Crippen LogP contribution in [-0.4, -0.2) is 21.6 Å². The summed E-state index contributed by atoms with van der Waals surface area (Å²) in [6.07, 6.45) is 0. The molecule has 0 aliphatic carbocycles. The van der Waals surface area contributed by atoms with E-state index in [0.29, 0.717) is 21.8 Å². The van der Waals surface area contributed by atoms with E-state index in [4.69, 9.17) is 11.6 Å². The molecule has 5 nitrogen and oxygen atoms in total. The summed E-state index contributed by atoms with van der Waals surface area (Å²) < 4.78 is 13.9. The normalized spacial score (nSPS) is 11.0. The van der Waals surface area contributed by atoms with Crippen molar-refractivity contribution < 1.29 is 9.18 Å². The standard InChI is InChI=1S/C21H15ClFN3O2S2/c22-14-7-4-8-15(19(14)23)24-17(27)11-29-10-16-25-20(28)18-13(9-30-21(18)26-16)12-5-2-1-3-6-12/h1-9H,10-11H2,(H,24,27)(H,25,26,28). The number of anilines is 1. The highest BCUT2D eigenvalue weighted by molar-refractivity contribution is 7.99. The Labute approximate surface area is 184 Å². The van der Waals surface area contributed by atoms with Crippen LogP contribution in [0.25, 0.3) is 21.3 Å². The molecule has 0 fully saturated rings. The Morgan fingerprint density at radius 2 is 2.00 bits per heavy atom. The van der Waals surface area contributed by atoms with Crippen LogP contribution < -0.4 is 10.9 Å². The van der Waals surface area contributed by atoms with Gasteiger partial charge in [-0.3, -0.25) is 9.59 Å². The Bertz CT molecular complexity index is 1270. The number of benzene rings is 2. The molecule has 0 saturated heterocycles. The van der Waals surface area contributed by atoms with Gasteiger partial charge in [0.15, 0.2) is 5.82 Å². The van der Waals surface area contributed by atoms with Crippen LogP contribution in [0, 0.1) is 5.82 Å². The summed E-state index contributed by atoms with van der Waals surface area (Å²) in [5.41, 5.74) is 1.64. The molecule has 4 aromatic rings. The Balaban J connectivity index is 1.43. The topological polar surface area (TPSA) is 74.8 Å². The number of hydrogen-bond donors (Lipinski definition) is 2. The van der Waals surface area contributed by atoms with Crippen molar-refractivity contribution in [3.05, 3.63) is 80.9 Å². The predicted molar refractivity (Wildman–Crippen MR) is 122 cm³/mol. The lowest BCUT2D eigenvalue weighted by Gasteiger charge is -2.07. The second-order valence-corrected chi connectivity index (χ2v) is 8.60. The fourth-order valence-corrected chi connectivity index (χ4v) is 4.75. The zero-order valence-electron chi connectivity index (χ0n) is 15.4. The van der Waals surface area contributed by atoms with Gasteiger partial charge >= 0.3 is 0 Å². The van der Waals surface area contributed by atoms with E-state index in [2.05, 4.69) is 15.3 Å². The average Bonchev–Trinajstić information content (AvgIpc) is 3.17. The molecular formula is C21H15ClFN3O2S2. The molecular weight excluding hydrogens is 445 g/mol. The van der Waals surface area contributed by atoms with Gasteiger partial charge < -0.3 is 10.3 Å². The number of aromatic nitrogens is 2. The first-order chi connectivity index (χ1) is 14.5. The molecule has 2 aromatic heterocycles. The van der Waals surface area contributed by atoms with Gasteiger partial charge in [0.05, 0.1) is 27.6 Å². The molecule has 2 N–H and O–H groups in total. The van der Waals surface area contributed by atoms with Crippen LogP contribution >= 0.6 is 34.7 Å². The van der Waals surface area contributed by atoms with Crippen molar-refractivity contribution in [2.24, 2.45) is 0 Å². The molecule has 0 atom stereocenters. The number of carbonyl (C=O) groups excluding carboxylic acids is 1. The largest absolute Gasteiger partial charge is 0.323 e. The van der Waals surface area contributed by atoms with E-state index in [0.717, 1.165) is 11.1 Å². The minimum atomic E-state index is -0.666. The molecule has 0 saturated carbocycles. The molecule has 30 heavy (non-hydrogen) atoms. The van der Waals surface area contributed by atoms with Gasteiger partial charge in [0, 0.05) is 10.9 Å². The van der Waals surface area contributed by atoms with Crippen molar-refractivity contribution >= 4 is 56.5 Å². The molecule has 0 bridgehead atoms. The number of fused-ring (bicyclic) bond motifs is 1. The van der Waals surface area contributed by atoms with Crippen LogP contribution in [0.15, 0.2) is 58.7 Å². The Kier molecular flexibility index (Phi) is 6.17. The molecule has 0 aliphatic heterocycles. The summed E-state index contributed by atoms with van der Waals surface area (Å²) in [7, 11) is 0. The SMILES string of the molecule is O=C(CSCc1nc2scc(-c3ccccc3)c2c(=O)[nH]1)Nc1cccc(Cl)c1F. The number of halogens is 2. The molecule has 4 rings (SSSR count). The molecule has 152 valence electrons. The van der Waals surface area contributed by atoms with Gasteiger partial charge in [-0.15, -0.1) is 23.1 Å². The fourth-order valence-electron chi connectivity index (χ4n) is 2.92. The summed E-state index contributed by atoms with van der Waals surface area (Å²) in [5.74, 6) is -0.128. The van der Waals surface area contributed by atoms with Gasteiger partial charge in [0.1, 0.15) is 10.7 Å². The van der Waals surface area contributed by atoms with Crippen LogP contribution in [0.2, 0.25) is 5.02 Å². The maximum absolute atomic E-state index is 13.9. The van der Waals surface area contributed by atoms with E-state index in [1.54, 1.807) is 6.07 Å². The smallest absolute Gasteiger partial charge is 0.260 e. The summed E-state index contributed by atoms with van der Waals surface area (Å²) in [6, 6.07) is 14.1. The van der Waals surface area contributed by atoms with E-state index < -0.39 is 5.82 Å². The lowest BCUT2D eigenvalue weighted by atomic mass is 10.1. The van der Waals surface area contributed by atoms with Gasteiger partial charge in [0.2, 0.25) is 5.91 Å². The average molecular weight is 460 g/mol. The summed E-state index contributed by atoms with van der Waals surface area (Å²) in [4.78, 5) is 32.7. The number of amides is 1. The Morgan fingerprint density at radius 3 is 2.80 bits per heavy atom. The Morgan fingerprint density at radius 1 is 1.20 bits per heavy atom. The maximum Gasteiger partial charge on any atom is 0.260 e. The lowest BCUT2D eigenvalue weighted by molar-refractivity contribution is -0.113. The van der Waals surface area contributed by atoms with Crippen LogP contribution in [0.5, 0.6) is 0 Å². The number of nitrogens with one attached hydrogen (secondary N) is 2. The van der Waals surface area contributed by atoms with E-state index in [1.165, 1.54) is 35.2 Å². The molecule has 1 amide bonds. The first-order valence-corrected chi connectivity index (χ1v) is 11.3. The highest BCUT2D eigenvalue weighted by Gasteiger charge is 2.14. The highest BCUT2D eigenvalue weighted by atomic mass is 35.5. The minimum absolute atomic E-state index is 0.0353. The highest BCUT2D eigenvalue weighted by Crippen LogP contribution is 2.30. The first-order valence-electron chi connectivity index (χ1n) is 8.90. The third kappa shape index (κ3) is 4.40. The minimum Gasteiger partial charge on any atom is -0.323 e. The number of aromatic amines is 1. The van der Waals surface area contributed by atoms with E-state index in [-0.39, 0.29) is 27.9 Å². The second-order valence-electron chi connectivity index (χ2n) is 6.35. The second kappa shape index (κ2) is 8.99. The maximum atomic E-state index is 13.9. The quantitative estimate of drug-likeness (QED) is 0.409. The van der Waals surface area contributed by atoms with Crippen molar-refractivity contribution in [2.75, 3.05) is 11.1 Å². The zero-order valence-corrected chi connectivity index (χ0v) is 17.8. The van der Waals surface area contributed by atoms with Crippen molar-refractivity contribution in [3.63, 3.8) is 0 Å². The van der Waals surface area contributed by atoms with Crippen molar-refractivity contribution in [3.8, 4) is 11.1 Å². The molecule has 9 heteroatoms. The lowest BCUT2D eigenvalue weighted by Crippen LogP contribution is -2.16. The van der Waals surface area contributed by atoms with Crippen LogP contribution in [-0.2, 0) is 10.5 Å². The monoisotopic (exact) mass is 459 g/mol. The summed E-state index contributed by atoms with van der Waals surface area (Å²) in [6.45, 7) is 0. The number of thioether (sulfide) groups is 1. The Hall–Kier alpha value is -2.68. The van der Waals surface area contributed by atoms with E-state index in [1.807, 2.05) is 35.7 Å². The third-order valence-corrected chi connectivity index (χ3v) is 6.38. The van der Waals surface area contributed by atoms with Gasteiger partial charge in [-0.25, -0.2) is 9.37 Å². The van der Waals surface area contributed by atoms with Crippen LogP contribution in [0.3, 0.4) is 0 Å². The van der Waals surface area contributed by atoms with E-state index >= 15 is 0 Å². The van der Waals surface area contributed by atoms with Crippen LogP contribution in [0.4, 0.5) is 10.1 Å². The number of hydrogen-bond acceptors (Lipinski definition) is 5. The first kappa shape index (κ1) is 20.6. The predicted octanol–water partition coefficient (Wildman–Crippen LogP) is 5.32. The number of thiophene rings is 1. The molecule has 0 aliphatic rings. The fraction of sp³-hybridized carbons (Fsp3) is 0.0952. The number of nitrogens with zero attached hydrogens (tertiary/aromatic N) is 1. The summed E-state index contributed by atoms with van der Waals surface area (Å²) >= 11 is 8.39. The molecule has 0 radical (unpaired) electrons. The van der Waals surface area contributed by atoms with Gasteiger partial charge in [-0.2, -0.15) is 0 Å². The number of H-pyrrole nitrogens is 1. The van der Waals surface area contributed by atoms with Gasteiger partial charge in [-0.1, -0.05) is 48.0 Å². The number of carbonyl (C=O) groups is 1. The molecule has 2 aromatic carbocycles. The van der Waals surface area contributed by atoms with Crippen molar-refractivity contribution in [1.29, 1.82) is 0 Å². The third-order valence-electron chi connectivity index (χ3n) is 4.28. The van der Waals surface area contributed by atoms with Gasteiger partial charge in [-0.05, 0) is 17.7 Å². The van der Waals surface area contributed by atoms with Crippen LogP contribution in [0.1, 0.15) is 5.82 Å². The van der Waals surface area contributed by atoms with Crippen molar-refractivity contribution in [1.82, 2.24) is 9.97 Å². The molecule has 0 unspecified atom stereocenters. The van der Waals surface area contributed by atoms with Crippen molar-refractivity contribution in [2.45, 2.75) is 5.75 Å². The van der Waals surface area contributed by atoms with E-state index in [9.17, 15) is 14.0 Å². The molecule has 0 spiro atoms.